The van der Waals surface area contributed by atoms with Gasteiger partial charge in [-0.15, -0.1) is 0 Å². The van der Waals surface area contributed by atoms with Gasteiger partial charge in [0, 0.05) is 0 Å². The van der Waals surface area contributed by atoms with Crippen molar-refractivity contribution in [1.82, 2.24) is 0 Å². The second-order valence-electron chi connectivity index (χ2n) is 11.2. The molecule has 6 nitrogen and oxygen atoms in total. The molecule has 0 aromatic carbocycles. The maximum Gasteiger partial charge on any atom is 0.309 e. The zero-order valence-electron chi connectivity index (χ0n) is 20.8. The predicted octanol–water partition coefficient (Wildman–Crippen LogP) is 4.37. The van der Waals surface area contributed by atoms with Crippen LogP contribution in [-0.4, -0.2) is 52.5 Å². The van der Waals surface area contributed by atoms with E-state index in [1.165, 1.54) is 12.0 Å². The first-order chi connectivity index (χ1) is 14.9. The van der Waals surface area contributed by atoms with Gasteiger partial charge >= 0.3 is 5.97 Å². The lowest BCUT2D eigenvalue weighted by Gasteiger charge is -2.57. The summed E-state index contributed by atoms with van der Waals surface area (Å²) < 4.78 is 18.4. The molecule has 0 radical (unpaired) electrons. The number of ether oxygens (including phenoxy) is 3. The van der Waals surface area contributed by atoms with E-state index in [1.807, 2.05) is 6.92 Å². The van der Waals surface area contributed by atoms with Crippen molar-refractivity contribution in [2.75, 3.05) is 0 Å². The smallest absolute Gasteiger partial charge is 0.309 e. The van der Waals surface area contributed by atoms with Crippen molar-refractivity contribution in [3.05, 3.63) is 12.2 Å². The largest absolute Gasteiger partial charge is 0.454 e. The standard InChI is InChI=1S/C26H44O6/c1-8-16(4)23(29)31-22-21(28)20(27)17(5)30-24(22)32-26(7)12-9-11-25(6)13-10-18(15(2)3)14-19(25)26/h16-22,24,27-28H,2,8-14H2,1,3-7H3/t16-,17+,18+,19-,20-,21-,22+,24-,25-,26-/m0/s1. The van der Waals surface area contributed by atoms with Crippen LogP contribution in [-0.2, 0) is 19.0 Å². The highest BCUT2D eigenvalue weighted by Crippen LogP contribution is 2.57. The number of allylic oxidation sites excluding steroid dienone is 1. The number of hydrogen-bond acceptors (Lipinski definition) is 6. The molecule has 1 heterocycles. The van der Waals surface area contributed by atoms with Gasteiger partial charge in [0.05, 0.1) is 17.6 Å². The summed E-state index contributed by atoms with van der Waals surface area (Å²) in [5.41, 5.74) is 0.927. The SMILES string of the molecule is C=C(C)[C@@H]1CC[C@]2(C)CCC[C@](C)(O[C@@H]3O[C@H](C)[C@H](O)[C@H](O)[C@H]3OC(=O)[C@@H](C)CC)[C@H]2C1. The van der Waals surface area contributed by atoms with E-state index in [2.05, 4.69) is 27.4 Å². The lowest BCUT2D eigenvalue weighted by Crippen LogP contribution is -2.62. The molecule has 2 saturated carbocycles. The highest BCUT2D eigenvalue weighted by atomic mass is 16.7. The lowest BCUT2D eigenvalue weighted by molar-refractivity contribution is -0.337. The van der Waals surface area contributed by atoms with Gasteiger partial charge in [-0.1, -0.05) is 39.3 Å². The van der Waals surface area contributed by atoms with Crippen LogP contribution >= 0.6 is 0 Å². The Hall–Kier alpha value is -0.950. The number of carbonyl (C=O) groups excluding carboxylic acids is 1. The summed E-state index contributed by atoms with van der Waals surface area (Å²) in [4.78, 5) is 12.6. The fraction of sp³-hybridized carbons (Fsp3) is 0.885. The first kappa shape index (κ1) is 25.7. The summed E-state index contributed by atoms with van der Waals surface area (Å²) in [5, 5.41) is 21.2. The summed E-state index contributed by atoms with van der Waals surface area (Å²) >= 11 is 0. The topological polar surface area (TPSA) is 85.2 Å². The molecule has 6 heteroatoms. The fourth-order valence-corrected chi connectivity index (χ4v) is 6.16. The third-order valence-electron chi connectivity index (χ3n) is 8.72. The molecular weight excluding hydrogens is 408 g/mol. The van der Waals surface area contributed by atoms with E-state index < -0.39 is 42.3 Å². The Morgan fingerprint density at radius 1 is 1.22 bits per heavy atom. The number of aliphatic hydroxyl groups is 2. The van der Waals surface area contributed by atoms with Crippen LogP contribution in [0.1, 0.15) is 86.5 Å². The van der Waals surface area contributed by atoms with E-state index in [4.69, 9.17) is 14.2 Å². The van der Waals surface area contributed by atoms with Crippen molar-refractivity contribution in [3.63, 3.8) is 0 Å². The van der Waals surface area contributed by atoms with E-state index in [-0.39, 0.29) is 11.3 Å². The average Bonchev–Trinajstić information content (AvgIpc) is 2.73. The van der Waals surface area contributed by atoms with Crippen molar-refractivity contribution < 1.29 is 29.2 Å². The Balaban J connectivity index is 1.86. The molecule has 2 N–H and O–H groups in total. The van der Waals surface area contributed by atoms with Crippen molar-refractivity contribution in [2.45, 2.75) is 123 Å². The molecule has 0 spiro atoms. The first-order valence-corrected chi connectivity index (χ1v) is 12.5. The van der Waals surface area contributed by atoms with Gasteiger partial charge in [-0.05, 0) is 76.5 Å². The summed E-state index contributed by atoms with van der Waals surface area (Å²) in [6.07, 6.45) is 2.07. The molecule has 3 rings (SSSR count). The highest BCUT2D eigenvalue weighted by Gasteiger charge is 2.55. The molecule has 0 aromatic rings. The second-order valence-corrected chi connectivity index (χ2v) is 11.2. The van der Waals surface area contributed by atoms with E-state index in [1.54, 1.807) is 13.8 Å². The van der Waals surface area contributed by atoms with E-state index in [0.717, 1.165) is 32.1 Å². The van der Waals surface area contributed by atoms with Crippen LogP contribution in [0.5, 0.6) is 0 Å². The first-order valence-electron chi connectivity index (χ1n) is 12.5. The third-order valence-corrected chi connectivity index (χ3v) is 8.72. The highest BCUT2D eigenvalue weighted by molar-refractivity contribution is 5.72. The molecule has 1 saturated heterocycles. The molecular formula is C26H44O6. The van der Waals surface area contributed by atoms with Gasteiger partial charge in [-0.3, -0.25) is 4.79 Å². The van der Waals surface area contributed by atoms with Crippen LogP contribution in [0.3, 0.4) is 0 Å². The molecule has 0 bridgehead atoms. The molecule has 10 atom stereocenters. The molecule has 3 aliphatic rings. The van der Waals surface area contributed by atoms with E-state index in [9.17, 15) is 15.0 Å². The maximum atomic E-state index is 12.6. The Bertz CT molecular complexity index is 694. The molecule has 2 aliphatic carbocycles. The molecule has 3 fully saturated rings. The minimum atomic E-state index is -1.26. The number of rotatable bonds is 6. The van der Waals surface area contributed by atoms with Crippen molar-refractivity contribution in [2.24, 2.45) is 23.2 Å². The maximum absolute atomic E-state index is 12.6. The summed E-state index contributed by atoms with van der Waals surface area (Å²) in [6, 6.07) is 0. The van der Waals surface area contributed by atoms with Gasteiger partial charge in [-0.2, -0.15) is 0 Å². The van der Waals surface area contributed by atoms with Crippen molar-refractivity contribution in [3.8, 4) is 0 Å². The van der Waals surface area contributed by atoms with Crippen LogP contribution in [0.25, 0.3) is 0 Å². The normalized spacial score (nSPS) is 45.6. The number of carbonyl (C=O) groups is 1. The Labute approximate surface area is 193 Å². The fourth-order valence-electron chi connectivity index (χ4n) is 6.16. The van der Waals surface area contributed by atoms with Gasteiger partial charge in [0.25, 0.3) is 0 Å². The molecule has 0 aromatic heterocycles. The summed E-state index contributed by atoms with van der Waals surface area (Å²) in [6.45, 7) is 16.3. The zero-order valence-corrected chi connectivity index (χ0v) is 20.8. The minimum Gasteiger partial charge on any atom is -0.454 e. The third kappa shape index (κ3) is 4.94. The zero-order chi connectivity index (χ0) is 23.8. The molecule has 184 valence electrons. The van der Waals surface area contributed by atoms with Crippen molar-refractivity contribution in [1.29, 1.82) is 0 Å². The van der Waals surface area contributed by atoms with Gasteiger partial charge in [0.15, 0.2) is 12.4 Å². The predicted molar refractivity (Wildman–Crippen MR) is 123 cm³/mol. The van der Waals surface area contributed by atoms with Crippen molar-refractivity contribution >= 4 is 5.97 Å². The summed E-state index contributed by atoms with van der Waals surface area (Å²) in [7, 11) is 0. The van der Waals surface area contributed by atoms with Gasteiger partial charge in [0.1, 0.15) is 12.2 Å². The molecule has 32 heavy (non-hydrogen) atoms. The Kier molecular flexibility index (Phi) is 7.81. The number of aliphatic hydroxyl groups excluding tert-OH is 2. The van der Waals surface area contributed by atoms with Crippen LogP contribution in [0.2, 0.25) is 0 Å². The molecule has 0 amide bonds. The van der Waals surface area contributed by atoms with Crippen LogP contribution in [0.4, 0.5) is 0 Å². The van der Waals surface area contributed by atoms with Gasteiger partial charge in [0.2, 0.25) is 0 Å². The summed E-state index contributed by atoms with van der Waals surface area (Å²) in [5.74, 6) is 0.0801. The van der Waals surface area contributed by atoms with E-state index in [0.29, 0.717) is 18.3 Å². The molecule has 0 unspecified atom stereocenters. The lowest BCUT2D eigenvalue weighted by atomic mass is 9.53. The minimum absolute atomic E-state index is 0.181. The monoisotopic (exact) mass is 452 g/mol. The van der Waals surface area contributed by atoms with Crippen LogP contribution < -0.4 is 0 Å². The second kappa shape index (κ2) is 9.73. The quantitative estimate of drug-likeness (QED) is 0.460. The van der Waals surface area contributed by atoms with Crippen LogP contribution in [0.15, 0.2) is 12.2 Å². The number of hydrogen-bond donors (Lipinski definition) is 2. The van der Waals surface area contributed by atoms with Gasteiger partial charge in [-0.25, -0.2) is 0 Å². The molecule has 1 aliphatic heterocycles. The number of esters is 1. The van der Waals surface area contributed by atoms with E-state index >= 15 is 0 Å². The Morgan fingerprint density at radius 3 is 2.53 bits per heavy atom. The average molecular weight is 453 g/mol. The number of fused-ring (bicyclic) bond motifs is 1. The Morgan fingerprint density at radius 2 is 1.91 bits per heavy atom. The van der Waals surface area contributed by atoms with Crippen LogP contribution in [0, 0.1) is 23.2 Å². The van der Waals surface area contributed by atoms with Gasteiger partial charge < -0.3 is 24.4 Å².